The fraction of sp³-hybridized carbons (Fsp3) is 0.471. The lowest BCUT2D eigenvalue weighted by Crippen LogP contribution is -2.53. The first-order valence-corrected chi connectivity index (χ1v) is 10.6. The molecule has 2 fully saturated rings. The van der Waals surface area contributed by atoms with Crippen molar-refractivity contribution >= 4 is 22.0 Å². The van der Waals surface area contributed by atoms with E-state index in [0.29, 0.717) is 37.4 Å². The van der Waals surface area contributed by atoms with Gasteiger partial charge < -0.3 is 9.73 Å². The van der Waals surface area contributed by atoms with E-state index in [9.17, 15) is 18.0 Å². The van der Waals surface area contributed by atoms with Crippen LogP contribution in [-0.4, -0.2) is 59.2 Å². The van der Waals surface area contributed by atoms with Crippen molar-refractivity contribution in [3.05, 3.63) is 30.2 Å². The fourth-order valence-corrected chi connectivity index (χ4v) is 5.56. The smallest absolute Gasteiger partial charge is 0.322 e. The zero-order chi connectivity index (χ0) is 19.9. The highest BCUT2D eigenvalue weighted by Gasteiger charge is 2.46. The quantitative estimate of drug-likeness (QED) is 0.626. The molecule has 0 unspecified atom stereocenters. The van der Waals surface area contributed by atoms with Crippen molar-refractivity contribution in [2.75, 3.05) is 18.8 Å². The summed E-state index contributed by atoms with van der Waals surface area (Å²) in [5.41, 5.74) is 0.206. The zero-order valence-electron chi connectivity index (χ0n) is 15.3. The number of nitrogens with zero attached hydrogens (tertiary/aromatic N) is 2. The molecule has 3 amide bonds. The maximum atomic E-state index is 12.8. The molecule has 0 bridgehead atoms. The lowest BCUT2D eigenvalue weighted by Gasteiger charge is -2.32. The van der Waals surface area contributed by atoms with Gasteiger partial charge in [0.15, 0.2) is 5.76 Å². The van der Waals surface area contributed by atoms with Gasteiger partial charge in [0.25, 0.3) is 5.91 Å². The minimum absolute atomic E-state index is 0.160. The van der Waals surface area contributed by atoms with Crippen molar-refractivity contribution in [2.24, 2.45) is 0 Å². The molecule has 2 aromatic heterocycles. The predicted octanol–water partition coefficient (Wildman–Crippen LogP) is 0.777. The highest BCUT2D eigenvalue weighted by Crippen LogP contribution is 2.31. The topological polar surface area (TPSA) is 137 Å². The number of amides is 3. The van der Waals surface area contributed by atoms with Gasteiger partial charge in [-0.2, -0.15) is 5.10 Å². The Bertz CT molecular complexity index is 991. The highest BCUT2D eigenvalue weighted by molar-refractivity contribution is 7.89. The van der Waals surface area contributed by atoms with E-state index >= 15 is 0 Å². The Balaban J connectivity index is 1.40. The number of aromatic nitrogens is 2. The van der Waals surface area contributed by atoms with Crippen LogP contribution in [0.25, 0.3) is 11.5 Å². The van der Waals surface area contributed by atoms with Crippen LogP contribution in [0, 0.1) is 0 Å². The standard InChI is InChI=1S/C17H21N5O5S/c1-17(15(23)18-16(24)19-17)10-28(25,26)22-6-4-11(5-7-22)12-9-13(21-20-12)14-3-2-8-27-14/h2-3,8-9,11H,4-7,10H2,1H3,(H,20,21)(H2,18,19,23,24)/t17-/m1/s1. The summed E-state index contributed by atoms with van der Waals surface area (Å²) in [4.78, 5) is 23.3. The van der Waals surface area contributed by atoms with Crippen molar-refractivity contribution in [2.45, 2.75) is 31.2 Å². The maximum absolute atomic E-state index is 12.8. The Hall–Kier alpha value is -2.66. The highest BCUT2D eigenvalue weighted by atomic mass is 32.2. The van der Waals surface area contributed by atoms with Crippen LogP contribution < -0.4 is 10.6 Å². The van der Waals surface area contributed by atoms with Gasteiger partial charge in [-0.05, 0) is 38.0 Å². The van der Waals surface area contributed by atoms with E-state index in [1.807, 2.05) is 12.1 Å². The molecule has 4 rings (SSSR count). The van der Waals surface area contributed by atoms with E-state index < -0.39 is 33.3 Å². The summed E-state index contributed by atoms with van der Waals surface area (Å²) >= 11 is 0. The molecule has 0 saturated carbocycles. The lowest BCUT2D eigenvalue weighted by molar-refractivity contribution is -0.122. The third-order valence-corrected chi connectivity index (χ3v) is 7.34. The van der Waals surface area contributed by atoms with Gasteiger partial charge in [-0.1, -0.05) is 0 Å². The van der Waals surface area contributed by atoms with Crippen molar-refractivity contribution < 1.29 is 22.4 Å². The van der Waals surface area contributed by atoms with Gasteiger partial charge >= 0.3 is 6.03 Å². The predicted molar refractivity (Wildman–Crippen MR) is 98.7 cm³/mol. The Morgan fingerprint density at radius 2 is 2.07 bits per heavy atom. The van der Waals surface area contributed by atoms with E-state index in [1.165, 1.54) is 11.2 Å². The number of rotatable bonds is 5. The first kappa shape index (κ1) is 18.7. The van der Waals surface area contributed by atoms with Gasteiger partial charge in [0.2, 0.25) is 10.0 Å². The summed E-state index contributed by atoms with van der Waals surface area (Å²) < 4.78 is 32.3. The van der Waals surface area contributed by atoms with Crippen LogP contribution in [0.5, 0.6) is 0 Å². The molecule has 2 aliphatic rings. The third-order valence-electron chi connectivity index (χ3n) is 5.25. The number of H-pyrrole nitrogens is 1. The Kier molecular flexibility index (Phi) is 4.50. The average molecular weight is 407 g/mol. The van der Waals surface area contributed by atoms with Crippen molar-refractivity contribution in [1.82, 2.24) is 25.1 Å². The second-order valence-electron chi connectivity index (χ2n) is 7.36. The number of piperidine rings is 1. The summed E-state index contributed by atoms with van der Waals surface area (Å²) in [6.07, 6.45) is 2.85. The molecular formula is C17H21N5O5S. The lowest BCUT2D eigenvalue weighted by atomic mass is 9.94. The molecule has 4 heterocycles. The number of carbonyl (C=O) groups is 2. The number of imide groups is 1. The largest absolute Gasteiger partial charge is 0.463 e. The summed E-state index contributed by atoms with van der Waals surface area (Å²) in [6.45, 7) is 2.10. The van der Waals surface area contributed by atoms with Crippen LogP contribution in [0.3, 0.4) is 0 Å². The van der Waals surface area contributed by atoms with Crippen LogP contribution in [0.4, 0.5) is 4.79 Å². The molecule has 0 aliphatic carbocycles. The van der Waals surface area contributed by atoms with E-state index in [1.54, 1.807) is 12.3 Å². The second-order valence-corrected chi connectivity index (χ2v) is 9.32. The second kappa shape index (κ2) is 6.74. The maximum Gasteiger partial charge on any atom is 0.322 e. The van der Waals surface area contributed by atoms with Gasteiger partial charge in [-0.25, -0.2) is 17.5 Å². The molecule has 28 heavy (non-hydrogen) atoms. The summed E-state index contributed by atoms with van der Waals surface area (Å²) in [5.74, 6) is -0.256. The number of aromatic amines is 1. The summed E-state index contributed by atoms with van der Waals surface area (Å²) in [6, 6.07) is 4.87. The molecule has 11 heteroatoms. The van der Waals surface area contributed by atoms with Gasteiger partial charge in [0.1, 0.15) is 11.2 Å². The molecule has 0 radical (unpaired) electrons. The number of furan rings is 1. The Morgan fingerprint density at radius 1 is 1.32 bits per heavy atom. The van der Waals surface area contributed by atoms with Crippen LogP contribution in [0.15, 0.2) is 28.9 Å². The monoisotopic (exact) mass is 407 g/mol. The summed E-state index contributed by atoms with van der Waals surface area (Å²) in [5, 5.41) is 11.8. The van der Waals surface area contributed by atoms with Crippen molar-refractivity contribution in [3.8, 4) is 11.5 Å². The number of nitrogens with one attached hydrogen (secondary N) is 3. The SMILES string of the molecule is C[C@]1(CS(=O)(=O)N2CCC(c3cc(-c4ccco4)n[nH]3)CC2)NC(=O)NC1=O. The van der Waals surface area contributed by atoms with Gasteiger partial charge in [0.05, 0.1) is 12.0 Å². The first-order chi connectivity index (χ1) is 13.3. The minimum Gasteiger partial charge on any atom is -0.463 e. The molecule has 10 nitrogen and oxygen atoms in total. The van der Waals surface area contributed by atoms with Crippen LogP contribution in [-0.2, 0) is 14.8 Å². The van der Waals surface area contributed by atoms with Crippen LogP contribution in [0.1, 0.15) is 31.4 Å². The molecule has 150 valence electrons. The number of hydrogen-bond acceptors (Lipinski definition) is 6. The fourth-order valence-electron chi connectivity index (χ4n) is 3.68. The summed E-state index contributed by atoms with van der Waals surface area (Å²) in [7, 11) is -3.70. The Morgan fingerprint density at radius 3 is 2.68 bits per heavy atom. The third kappa shape index (κ3) is 3.42. The van der Waals surface area contributed by atoms with E-state index in [2.05, 4.69) is 20.8 Å². The molecule has 0 aromatic carbocycles. The molecular weight excluding hydrogens is 386 g/mol. The number of carbonyl (C=O) groups excluding carboxylic acids is 2. The van der Waals surface area contributed by atoms with E-state index in [4.69, 9.17) is 4.42 Å². The van der Waals surface area contributed by atoms with Crippen LogP contribution in [0.2, 0.25) is 0 Å². The molecule has 2 saturated heterocycles. The number of sulfonamides is 1. The van der Waals surface area contributed by atoms with Gasteiger partial charge in [-0.15, -0.1) is 0 Å². The number of urea groups is 1. The van der Waals surface area contributed by atoms with Crippen molar-refractivity contribution in [1.29, 1.82) is 0 Å². The molecule has 3 N–H and O–H groups in total. The number of hydrogen-bond donors (Lipinski definition) is 3. The van der Waals surface area contributed by atoms with Gasteiger partial charge in [-0.3, -0.25) is 15.2 Å². The van der Waals surface area contributed by atoms with E-state index in [0.717, 1.165) is 5.69 Å². The molecule has 2 aliphatic heterocycles. The van der Waals surface area contributed by atoms with E-state index in [-0.39, 0.29) is 5.92 Å². The van der Waals surface area contributed by atoms with Crippen molar-refractivity contribution in [3.63, 3.8) is 0 Å². The normalized spacial score (nSPS) is 24.3. The molecule has 0 spiro atoms. The zero-order valence-corrected chi connectivity index (χ0v) is 16.1. The first-order valence-electron chi connectivity index (χ1n) is 8.97. The molecule has 1 atom stereocenters. The molecule has 2 aromatic rings. The Labute approximate surface area is 161 Å². The minimum atomic E-state index is -3.70. The van der Waals surface area contributed by atoms with Crippen LogP contribution >= 0.6 is 0 Å². The average Bonchev–Trinajstić information content (AvgIpc) is 3.36. The van der Waals surface area contributed by atoms with Gasteiger partial charge in [0, 0.05) is 24.7 Å².